The molecule has 1 aliphatic rings. The first-order valence-electron chi connectivity index (χ1n) is 4.58. The lowest BCUT2D eigenvalue weighted by Crippen LogP contribution is -1.89. The highest BCUT2D eigenvalue weighted by molar-refractivity contribution is 5.66. The molecule has 1 aliphatic carbocycles. The SMILES string of the molecule is CC(=O)O/C=C\[C@H]1C[C@@H]1C=C(C)C. The predicted octanol–water partition coefficient (Wildman–Crippen LogP) is 2.67. The topological polar surface area (TPSA) is 26.3 Å². The Labute approximate surface area is 79.3 Å². The summed E-state index contributed by atoms with van der Waals surface area (Å²) in [6.45, 7) is 5.61. The zero-order valence-corrected chi connectivity index (χ0v) is 8.41. The number of carbonyl (C=O) groups excluding carboxylic acids is 1. The second-order valence-corrected chi connectivity index (χ2v) is 3.75. The van der Waals surface area contributed by atoms with E-state index in [1.165, 1.54) is 25.2 Å². The van der Waals surface area contributed by atoms with Crippen molar-refractivity contribution in [2.75, 3.05) is 0 Å². The van der Waals surface area contributed by atoms with Crippen LogP contribution in [0, 0.1) is 11.8 Å². The molecular weight excluding hydrogens is 164 g/mol. The third-order valence-electron chi connectivity index (χ3n) is 2.00. The molecule has 0 bridgehead atoms. The minimum Gasteiger partial charge on any atom is -0.435 e. The fraction of sp³-hybridized carbons (Fsp3) is 0.545. The van der Waals surface area contributed by atoms with Crippen molar-refractivity contribution in [1.29, 1.82) is 0 Å². The number of rotatable bonds is 3. The number of esters is 1. The van der Waals surface area contributed by atoms with Crippen molar-refractivity contribution in [2.45, 2.75) is 27.2 Å². The van der Waals surface area contributed by atoms with E-state index in [4.69, 9.17) is 4.74 Å². The largest absolute Gasteiger partial charge is 0.435 e. The summed E-state index contributed by atoms with van der Waals surface area (Å²) in [7, 11) is 0. The predicted molar refractivity (Wildman–Crippen MR) is 51.9 cm³/mol. The number of carbonyl (C=O) groups is 1. The molecule has 0 N–H and O–H groups in total. The Bertz CT molecular complexity index is 247. The molecule has 2 atom stereocenters. The third-order valence-corrected chi connectivity index (χ3v) is 2.00. The highest BCUT2D eigenvalue weighted by Crippen LogP contribution is 2.41. The first kappa shape index (κ1) is 10.0. The minimum atomic E-state index is -0.254. The zero-order valence-electron chi connectivity index (χ0n) is 8.41. The Balaban J connectivity index is 2.24. The van der Waals surface area contributed by atoms with E-state index < -0.39 is 0 Å². The molecule has 2 nitrogen and oxygen atoms in total. The van der Waals surface area contributed by atoms with Crippen LogP contribution in [0.5, 0.6) is 0 Å². The normalized spacial score (nSPS) is 25.8. The third kappa shape index (κ3) is 3.92. The van der Waals surface area contributed by atoms with Crippen LogP contribution in [0.3, 0.4) is 0 Å². The first-order valence-corrected chi connectivity index (χ1v) is 4.58. The maximum atomic E-state index is 10.4. The lowest BCUT2D eigenvalue weighted by atomic mass is 10.2. The molecule has 1 saturated carbocycles. The van der Waals surface area contributed by atoms with Crippen LogP contribution < -0.4 is 0 Å². The van der Waals surface area contributed by atoms with Gasteiger partial charge in [0.15, 0.2) is 0 Å². The van der Waals surface area contributed by atoms with Crippen LogP contribution in [-0.4, -0.2) is 5.97 Å². The first-order chi connectivity index (χ1) is 6.09. The molecule has 0 heterocycles. The summed E-state index contributed by atoms with van der Waals surface area (Å²) in [4.78, 5) is 10.4. The van der Waals surface area contributed by atoms with E-state index >= 15 is 0 Å². The van der Waals surface area contributed by atoms with Gasteiger partial charge in [-0.05, 0) is 38.2 Å². The van der Waals surface area contributed by atoms with Gasteiger partial charge in [0.2, 0.25) is 0 Å². The van der Waals surface area contributed by atoms with Crippen LogP contribution in [-0.2, 0) is 9.53 Å². The van der Waals surface area contributed by atoms with E-state index in [0.29, 0.717) is 11.8 Å². The van der Waals surface area contributed by atoms with E-state index in [-0.39, 0.29) is 5.97 Å². The summed E-state index contributed by atoms with van der Waals surface area (Å²) in [5.74, 6) is 0.988. The van der Waals surface area contributed by atoms with Crippen molar-refractivity contribution in [3.8, 4) is 0 Å². The van der Waals surface area contributed by atoms with Crippen LogP contribution in [0.1, 0.15) is 27.2 Å². The Morgan fingerprint density at radius 2 is 2.00 bits per heavy atom. The van der Waals surface area contributed by atoms with E-state index in [1.807, 2.05) is 6.08 Å². The number of hydrogen-bond donors (Lipinski definition) is 0. The standard InChI is InChI=1S/C11H16O2/c1-8(2)6-11-7-10(11)4-5-13-9(3)12/h4-6,10-11H,7H2,1-3H3/b5-4-/t10-,11-/m0/s1. The van der Waals surface area contributed by atoms with Gasteiger partial charge in [0.25, 0.3) is 0 Å². The summed E-state index contributed by atoms with van der Waals surface area (Å²) >= 11 is 0. The van der Waals surface area contributed by atoms with Crippen LogP contribution >= 0.6 is 0 Å². The molecule has 0 amide bonds. The molecule has 1 fully saturated rings. The van der Waals surface area contributed by atoms with Gasteiger partial charge < -0.3 is 4.74 Å². The smallest absolute Gasteiger partial charge is 0.307 e. The van der Waals surface area contributed by atoms with E-state index in [0.717, 1.165) is 0 Å². The fourth-order valence-electron chi connectivity index (χ4n) is 1.31. The maximum absolute atomic E-state index is 10.4. The van der Waals surface area contributed by atoms with Crippen molar-refractivity contribution in [2.24, 2.45) is 11.8 Å². The van der Waals surface area contributed by atoms with E-state index in [2.05, 4.69) is 19.9 Å². The minimum absolute atomic E-state index is 0.254. The van der Waals surface area contributed by atoms with Crippen molar-refractivity contribution in [1.82, 2.24) is 0 Å². The van der Waals surface area contributed by atoms with Crippen molar-refractivity contribution in [3.05, 3.63) is 24.0 Å². The summed E-state index contributed by atoms with van der Waals surface area (Å²) in [6.07, 6.45) is 6.92. The summed E-state index contributed by atoms with van der Waals surface area (Å²) in [5, 5.41) is 0. The maximum Gasteiger partial charge on any atom is 0.307 e. The van der Waals surface area contributed by atoms with Crippen molar-refractivity contribution >= 4 is 5.97 Å². The van der Waals surface area contributed by atoms with Crippen LogP contribution in [0.25, 0.3) is 0 Å². The quantitative estimate of drug-likeness (QED) is 0.379. The van der Waals surface area contributed by atoms with Gasteiger partial charge in [0.05, 0.1) is 6.26 Å². The highest BCUT2D eigenvalue weighted by Gasteiger charge is 2.32. The molecule has 0 radical (unpaired) electrons. The summed E-state index contributed by atoms with van der Waals surface area (Å²) < 4.78 is 4.71. The Hall–Kier alpha value is -1.05. The molecule has 0 spiro atoms. The van der Waals surface area contributed by atoms with Gasteiger partial charge in [0, 0.05) is 6.92 Å². The van der Waals surface area contributed by atoms with Gasteiger partial charge in [0.1, 0.15) is 0 Å². The second kappa shape index (κ2) is 4.26. The van der Waals surface area contributed by atoms with Gasteiger partial charge in [-0.3, -0.25) is 4.79 Å². The molecule has 0 aromatic rings. The van der Waals surface area contributed by atoms with Crippen LogP contribution in [0.2, 0.25) is 0 Å². The average Bonchev–Trinajstić information content (AvgIpc) is 2.65. The Morgan fingerprint density at radius 1 is 1.31 bits per heavy atom. The molecule has 2 heteroatoms. The molecule has 0 aliphatic heterocycles. The lowest BCUT2D eigenvalue weighted by Gasteiger charge is -1.90. The summed E-state index contributed by atoms with van der Waals surface area (Å²) in [5.41, 5.74) is 1.35. The van der Waals surface area contributed by atoms with Crippen LogP contribution in [0.15, 0.2) is 24.0 Å². The molecule has 72 valence electrons. The van der Waals surface area contributed by atoms with Gasteiger partial charge >= 0.3 is 5.97 Å². The highest BCUT2D eigenvalue weighted by atomic mass is 16.5. The Morgan fingerprint density at radius 3 is 2.54 bits per heavy atom. The molecule has 1 rings (SSSR count). The lowest BCUT2D eigenvalue weighted by molar-refractivity contribution is -0.135. The molecule has 0 aromatic heterocycles. The summed E-state index contributed by atoms with van der Waals surface area (Å²) in [6, 6.07) is 0. The Kier molecular flexibility index (Phi) is 3.29. The van der Waals surface area contributed by atoms with Gasteiger partial charge in [-0.1, -0.05) is 11.6 Å². The van der Waals surface area contributed by atoms with Gasteiger partial charge in [-0.2, -0.15) is 0 Å². The second-order valence-electron chi connectivity index (χ2n) is 3.75. The van der Waals surface area contributed by atoms with Crippen LogP contribution in [0.4, 0.5) is 0 Å². The monoisotopic (exact) mass is 180 g/mol. The molecule has 13 heavy (non-hydrogen) atoms. The molecular formula is C11H16O2. The number of ether oxygens (including phenoxy) is 1. The van der Waals surface area contributed by atoms with Gasteiger partial charge in [-0.25, -0.2) is 0 Å². The number of allylic oxidation sites excluding steroid dienone is 3. The van der Waals surface area contributed by atoms with E-state index in [1.54, 1.807) is 0 Å². The van der Waals surface area contributed by atoms with Crippen molar-refractivity contribution in [3.63, 3.8) is 0 Å². The fourth-order valence-corrected chi connectivity index (χ4v) is 1.31. The molecule has 0 aromatic carbocycles. The average molecular weight is 180 g/mol. The van der Waals surface area contributed by atoms with Gasteiger partial charge in [-0.15, -0.1) is 0 Å². The molecule has 0 unspecified atom stereocenters. The number of hydrogen-bond acceptors (Lipinski definition) is 2. The zero-order chi connectivity index (χ0) is 9.84. The van der Waals surface area contributed by atoms with Crippen molar-refractivity contribution < 1.29 is 9.53 Å². The van der Waals surface area contributed by atoms with E-state index in [9.17, 15) is 4.79 Å². The molecule has 0 saturated heterocycles.